The number of hydrogen-bond donors (Lipinski definition) is 2. The van der Waals surface area contributed by atoms with Crippen molar-refractivity contribution in [1.29, 1.82) is 5.26 Å². The number of aryl methyl sites for hydroxylation is 1. The number of alkyl carbamates (subject to hydrolysis) is 1. The first-order chi connectivity index (χ1) is 10.7. The van der Waals surface area contributed by atoms with Crippen LogP contribution in [-0.2, 0) is 9.53 Å². The predicted molar refractivity (Wildman–Crippen MR) is 83.2 cm³/mol. The van der Waals surface area contributed by atoms with Gasteiger partial charge in [0.25, 0.3) is 5.91 Å². The molecule has 1 aromatic rings. The first-order valence-corrected chi connectivity index (χ1v) is 7.17. The lowest BCUT2D eigenvalue weighted by Gasteiger charge is -2.22. The second-order valence-corrected chi connectivity index (χ2v) is 6.27. The van der Waals surface area contributed by atoms with Gasteiger partial charge in [0.1, 0.15) is 24.0 Å². The van der Waals surface area contributed by atoms with Crippen molar-refractivity contribution in [1.82, 2.24) is 5.32 Å². The number of nitriles is 1. The number of nitrogens with zero attached hydrogens (tertiary/aromatic N) is 1. The topological polar surface area (TPSA) is 100 Å². The lowest BCUT2D eigenvalue weighted by atomic mass is 10.1. The van der Waals surface area contributed by atoms with E-state index in [1.165, 1.54) is 0 Å². The fourth-order valence-electron chi connectivity index (χ4n) is 2.04. The number of amides is 2. The minimum atomic E-state index is -0.886. The Morgan fingerprint density at radius 1 is 1.48 bits per heavy atom. The van der Waals surface area contributed by atoms with Crippen LogP contribution in [0.25, 0.3) is 0 Å². The quantitative estimate of drug-likeness (QED) is 0.826. The highest BCUT2D eigenvalue weighted by molar-refractivity contribution is 5.98. The maximum absolute atomic E-state index is 12.2. The Morgan fingerprint density at radius 2 is 2.17 bits per heavy atom. The number of ether oxygens (including phenoxy) is 2. The van der Waals surface area contributed by atoms with Gasteiger partial charge in [0.2, 0.25) is 0 Å². The summed E-state index contributed by atoms with van der Waals surface area (Å²) in [7, 11) is 0. The molecule has 0 saturated carbocycles. The first-order valence-electron chi connectivity index (χ1n) is 7.17. The van der Waals surface area contributed by atoms with Crippen LogP contribution in [-0.4, -0.2) is 30.3 Å². The summed E-state index contributed by atoms with van der Waals surface area (Å²) in [5.41, 5.74) is 0.948. The number of fused-ring (bicyclic) bond motifs is 1. The van der Waals surface area contributed by atoms with E-state index in [1.54, 1.807) is 39.8 Å². The van der Waals surface area contributed by atoms with Gasteiger partial charge in [0.15, 0.2) is 0 Å². The van der Waals surface area contributed by atoms with E-state index < -0.39 is 23.6 Å². The van der Waals surface area contributed by atoms with Gasteiger partial charge in [-0.1, -0.05) is 0 Å². The molecule has 0 aromatic heterocycles. The monoisotopic (exact) mass is 317 g/mol. The molecule has 1 aliphatic rings. The molecule has 1 aliphatic heterocycles. The van der Waals surface area contributed by atoms with Gasteiger partial charge >= 0.3 is 6.09 Å². The Balaban J connectivity index is 2.14. The molecule has 122 valence electrons. The van der Waals surface area contributed by atoms with Crippen LogP contribution in [0.5, 0.6) is 5.75 Å². The van der Waals surface area contributed by atoms with E-state index in [0.29, 0.717) is 17.0 Å². The Morgan fingerprint density at radius 3 is 2.78 bits per heavy atom. The molecule has 1 atom stereocenters. The van der Waals surface area contributed by atoms with Gasteiger partial charge in [-0.15, -0.1) is 0 Å². The predicted octanol–water partition coefficient (Wildman–Crippen LogP) is 2.09. The highest BCUT2D eigenvalue weighted by Gasteiger charge is 2.28. The number of carbonyl (C=O) groups is 2. The van der Waals surface area contributed by atoms with Gasteiger partial charge in [-0.25, -0.2) is 4.79 Å². The molecule has 7 heteroatoms. The zero-order chi connectivity index (χ0) is 17.2. The number of hydrogen-bond acceptors (Lipinski definition) is 5. The van der Waals surface area contributed by atoms with Crippen molar-refractivity contribution >= 4 is 17.7 Å². The maximum atomic E-state index is 12.2. The molecule has 0 radical (unpaired) electrons. The Hall–Kier alpha value is -2.75. The number of carbonyl (C=O) groups excluding carboxylic acids is 2. The van der Waals surface area contributed by atoms with Crippen LogP contribution < -0.4 is 15.4 Å². The zero-order valence-electron chi connectivity index (χ0n) is 13.5. The van der Waals surface area contributed by atoms with Crippen LogP contribution in [0, 0.1) is 18.3 Å². The zero-order valence-corrected chi connectivity index (χ0v) is 13.5. The van der Waals surface area contributed by atoms with Gasteiger partial charge in [0.05, 0.1) is 17.3 Å². The first kappa shape index (κ1) is 16.6. The van der Waals surface area contributed by atoms with Crippen LogP contribution in [0.2, 0.25) is 0 Å². The summed E-state index contributed by atoms with van der Waals surface area (Å²) in [6, 6.07) is 4.41. The summed E-state index contributed by atoms with van der Waals surface area (Å²) >= 11 is 0. The molecule has 23 heavy (non-hydrogen) atoms. The average molecular weight is 317 g/mol. The van der Waals surface area contributed by atoms with E-state index in [4.69, 9.17) is 14.7 Å². The van der Waals surface area contributed by atoms with E-state index in [0.717, 1.165) is 5.56 Å². The van der Waals surface area contributed by atoms with Crippen molar-refractivity contribution in [3.63, 3.8) is 0 Å². The van der Waals surface area contributed by atoms with Crippen molar-refractivity contribution < 1.29 is 19.1 Å². The fourth-order valence-corrected chi connectivity index (χ4v) is 2.04. The molecule has 0 aliphatic carbocycles. The third-order valence-corrected chi connectivity index (χ3v) is 3.12. The van der Waals surface area contributed by atoms with E-state index in [-0.39, 0.29) is 6.61 Å². The summed E-state index contributed by atoms with van der Waals surface area (Å²) < 4.78 is 10.7. The van der Waals surface area contributed by atoms with E-state index in [2.05, 4.69) is 16.7 Å². The maximum Gasteiger partial charge on any atom is 0.408 e. The average Bonchev–Trinajstić information content (AvgIpc) is 2.56. The molecule has 1 unspecified atom stereocenters. The molecule has 2 N–H and O–H groups in total. The summed E-state index contributed by atoms with van der Waals surface area (Å²) in [5.74, 6) is 0.0330. The summed E-state index contributed by atoms with van der Waals surface area (Å²) in [6.45, 7) is 6.96. The lowest BCUT2D eigenvalue weighted by Crippen LogP contribution is -2.48. The minimum Gasteiger partial charge on any atom is -0.489 e. The Kier molecular flexibility index (Phi) is 4.45. The normalized spacial score (nSPS) is 17.0. The molecule has 0 spiro atoms. The van der Waals surface area contributed by atoms with E-state index in [1.807, 2.05) is 0 Å². The molecule has 0 bridgehead atoms. The number of benzene rings is 1. The standard InChI is InChI=1S/C16H19N3O4/c1-9-5-13-11(6-10(9)7-17)18-14(20)12(8-22-13)19-15(21)23-16(2,3)4/h5-6,12H,8H2,1-4H3,(H,18,20)(H,19,21). The third kappa shape index (κ3) is 4.13. The van der Waals surface area contributed by atoms with Crippen LogP contribution in [0.3, 0.4) is 0 Å². The van der Waals surface area contributed by atoms with Crippen molar-refractivity contribution in [2.75, 3.05) is 11.9 Å². The second kappa shape index (κ2) is 6.16. The van der Waals surface area contributed by atoms with E-state index in [9.17, 15) is 9.59 Å². The van der Waals surface area contributed by atoms with Crippen molar-refractivity contribution in [3.8, 4) is 11.8 Å². The number of nitrogens with one attached hydrogen (secondary N) is 2. The largest absolute Gasteiger partial charge is 0.489 e. The number of rotatable bonds is 1. The molecule has 2 rings (SSSR count). The fraction of sp³-hybridized carbons (Fsp3) is 0.438. The summed E-state index contributed by atoms with van der Waals surface area (Å²) in [5, 5.41) is 14.2. The van der Waals surface area contributed by atoms with Gasteiger partial charge < -0.3 is 20.1 Å². The molecular formula is C16H19N3O4. The highest BCUT2D eigenvalue weighted by Crippen LogP contribution is 2.30. The second-order valence-electron chi connectivity index (χ2n) is 6.27. The smallest absolute Gasteiger partial charge is 0.408 e. The molecule has 1 aromatic carbocycles. The number of anilines is 1. The Labute approximate surface area is 134 Å². The van der Waals surface area contributed by atoms with Crippen molar-refractivity contribution in [2.24, 2.45) is 0 Å². The summed E-state index contributed by atoms with van der Waals surface area (Å²) in [4.78, 5) is 24.0. The minimum absolute atomic E-state index is 0.0244. The van der Waals surface area contributed by atoms with E-state index >= 15 is 0 Å². The summed E-state index contributed by atoms with van der Waals surface area (Å²) in [6.07, 6.45) is -0.693. The van der Waals surface area contributed by atoms with Gasteiger partial charge in [-0.2, -0.15) is 5.26 Å². The SMILES string of the molecule is Cc1cc2c(cc1C#N)NC(=O)C(NC(=O)OC(C)(C)C)CO2. The molecule has 7 nitrogen and oxygen atoms in total. The molecule has 0 fully saturated rings. The van der Waals surface area contributed by atoms with Crippen LogP contribution >= 0.6 is 0 Å². The molecule has 1 heterocycles. The lowest BCUT2D eigenvalue weighted by molar-refractivity contribution is -0.118. The van der Waals surface area contributed by atoms with Crippen LogP contribution in [0.1, 0.15) is 31.9 Å². The highest BCUT2D eigenvalue weighted by atomic mass is 16.6. The molecule has 0 saturated heterocycles. The van der Waals surface area contributed by atoms with Crippen LogP contribution in [0.15, 0.2) is 12.1 Å². The van der Waals surface area contributed by atoms with Crippen molar-refractivity contribution in [2.45, 2.75) is 39.3 Å². The van der Waals surface area contributed by atoms with Gasteiger partial charge in [-0.3, -0.25) is 4.79 Å². The molecular weight excluding hydrogens is 298 g/mol. The van der Waals surface area contributed by atoms with Crippen LogP contribution in [0.4, 0.5) is 10.5 Å². The Bertz CT molecular complexity index is 686. The third-order valence-electron chi connectivity index (χ3n) is 3.12. The van der Waals surface area contributed by atoms with Crippen molar-refractivity contribution in [3.05, 3.63) is 23.3 Å². The van der Waals surface area contributed by atoms with Gasteiger partial charge in [-0.05, 0) is 45.4 Å². The molecule has 2 amide bonds. The van der Waals surface area contributed by atoms with Gasteiger partial charge in [0, 0.05) is 0 Å².